The Bertz CT molecular complexity index is 518. The topological polar surface area (TPSA) is 73.6 Å². The number of rotatable bonds is 3. The lowest BCUT2D eigenvalue weighted by Crippen LogP contribution is -2.37. The maximum absolute atomic E-state index is 12.2. The number of amides is 1. The van der Waals surface area contributed by atoms with Crippen LogP contribution in [0, 0.1) is 5.92 Å². The second-order valence-electron chi connectivity index (χ2n) is 5.82. The van der Waals surface area contributed by atoms with Crippen molar-refractivity contribution in [3.63, 3.8) is 0 Å². The lowest BCUT2D eigenvalue weighted by atomic mass is 9.85. The highest BCUT2D eigenvalue weighted by Crippen LogP contribution is 2.30. The highest BCUT2D eigenvalue weighted by molar-refractivity contribution is 5.78. The summed E-state index contributed by atoms with van der Waals surface area (Å²) in [5, 5.41) is 3.01. The standard InChI is InChI=1S/C16H22N2O3/c17-13-3-1-2-12(9-13)16(19)18-10-11-4-5-14-15(8-11)21-7-6-20-14/h4-5,8,12-13H,1-3,6-7,9-10,17H2,(H,18,19). The summed E-state index contributed by atoms with van der Waals surface area (Å²) in [7, 11) is 0. The summed E-state index contributed by atoms with van der Waals surface area (Å²) in [6.07, 6.45) is 3.82. The third-order valence-electron chi connectivity index (χ3n) is 4.16. The van der Waals surface area contributed by atoms with Crippen LogP contribution in [0.1, 0.15) is 31.2 Å². The van der Waals surface area contributed by atoms with Gasteiger partial charge < -0.3 is 20.5 Å². The van der Waals surface area contributed by atoms with Crippen molar-refractivity contribution in [2.45, 2.75) is 38.3 Å². The van der Waals surface area contributed by atoms with Gasteiger partial charge in [-0.05, 0) is 37.0 Å². The molecule has 0 bridgehead atoms. The van der Waals surface area contributed by atoms with E-state index in [0.29, 0.717) is 19.8 Å². The number of ether oxygens (including phenoxy) is 2. The highest BCUT2D eigenvalue weighted by atomic mass is 16.6. The monoisotopic (exact) mass is 290 g/mol. The second-order valence-corrected chi connectivity index (χ2v) is 5.82. The molecular formula is C16H22N2O3. The molecule has 1 amide bonds. The van der Waals surface area contributed by atoms with Gasteiger partial charge in [-0.1, -0.05) is 12.5 Å². The molecule has 2 unspecified atom stereocenters. The fraction of sp³-hybridized carbons (Fsp3) is 0.562. The quantitative estimate of drug-likeness (QED) is 0.886. The lowest BCUT2D eigenvalue weighted by molar-refractivity contribution is -0.126. The Morgan fingerprint density at radius 1 is 1.24 bits per heavy atom. The summed E-state index contributed by atoms with van der Waals surface area (Å²) in [5.74, 6) is 1.70. The molecule has 0 spiro atoms. The number of benzene rings is 1. The zero-order valence-electron chi connectivity index (χ0n) is 12.1. The summed E-state index contributed by atoms with van der Waals surface area (Å²) >= 11 is 0. The van der Waals surface area contributed by atoms with Crippen LogP contribution in [0.15, 0.2) is 18.2 Å². The number of nitrogens with one attached hydrogen (secondary N) is 1. The predicted octanol–water partition coefficient (Wildman–Crippen LogP) is 1.59. The fourth-order valence-corrected chi connectivity index (χ4v) is 3.00. The zero-order valence-corrected chi connectivity index (χ0v) is 12.1. The normalized spacial score (nSPS) is 24.4. The smallest absolute Gasteiger partial charge is 0.223 e. The molecule has 5 nitrogen and oxygen atoms in total. The summed E-state index contributed by atoms with van der Waals surface area (Å²) in [6, 6.07) is 5.96. The molecule has 5 heteroatoms. The zero-order chi connectivity index (χ0) is 14.7. The molecule has 1 aromatic rings. The maximum atomic E-state index is 12.2. The van der Waals surface area contributed by atoms with Crippen LogP contribution < -0.4 is 20.5 Å². The summed E-state index contributed by atoms with van der Waals surface area (Å²) in [4.78, 5) is 12.2. The molecule has 1 aromatic carbocycles. The molecule has 2 aliphatic rings. The number of hydrogen-bond donors (Lipinski definition) is 2. The lowest BCUT2D eigenvalue weighted by Gasteiger charge is -2.25. The van der Waals surface area contributed by atoms with Crippen LogP contribution in [0.25, 0.3) is 0 Å². The van der Waals surface area contributed by atoms with E-state index in [1.807, 2.05) is 18.2 Å². The number of nitrogens with two attached hydrogens (primary N) is 1. The van der Waals surface area contributed by atoms with Crippen LogP contribution in [-0.4, -0.2) is 25.2 Å². The molecule has 1 saturated carbocycles. The molecule has 1 fully saturated rings. The Morgan fingerprint density at radius 3 is 2.86 bits per heavy atom. The van der Waals surface area contributed by atoms with Crippen molar-refractivity contribution in [3.8, 4) is 11.5 Å². The average molecular weight is 290 g/mol. The van der Waals surface area contributed by atoms with Gasteiger partial charge in [0.25, 0.3) is 0 Å². The minimum atomic E-state index is 0.0611. The third-order valence-corrected chi connectivity index (χ3v) is 4.16. The van der Waals surface area contributed by atoms with E-state index in [1.54, 1.807) is 0 Å². The molecule has 3 rings (SSSR count). The first kappa shape index (κ1) is 14.2. The van der Waals surface area contributed by atoms with Crippen molar-refractivity contribution in [3.05, 3.63) is 23.8 Å². The third kappa shape index (κ3) is 3.47. The van der Waals surface area contributed by atoms with Gasteiger partial charge >= 0.3 is 0 Å². The van der Waals surface area contributed by atoms with Crippen molar-refractivity contribution in [1.82, 2.24) is 5.32 Å². The first-order valence-electron chi connectivity index (χ1n) is 7.64. The van der Waals surface area contributed by atoms with Crippen molar-refractivity contribution >= 4 is 5.91 Å². The predicted molar refractivity (Wildman–Crippen MR) is 79.2 cm³/mol. The van der Waals surface area contributed by atoms with Gasteiger partial charge in [0.15, 0.2) is 11.5 Å². The van der Waals surface area contributed by atoms with Crippen molar-refractivity contribution < 1.29 is 14.3 Å². The Labute approximate surface area is 124 Å². The minimum Gasteiger partial charge on any atom is -0.486 e. The van der Waals surface area contributed by atoms with Crippen LogP contribution in [0.5, 0.6) is 11.5 Å². The van der Waals surface area contributed by atoms with Crippen LogP contribution in [0.4, 0.5) is 0 Å². The van der Waals surface area contributed by atoms with Gasteiger partial charge in [0.05, 0.1) is 0 Å². The molecule has 1 aliphatic heterocycles. The number of carbonyl (C=O) groups excluding carboxylic acids is 1. The molecule has 2 atom stereocenters. The molecule has 1 heterocycles. The average Bonchev–Trinajstić information content (AvgIpc) is 2.52. The van der Waals surface area contributed by atoms with Gasteiger partial charge in [-0.3, -0.25) is 4.79 Å². The van der Waals surface area contributed by atoms with E-state index in [2.05, 4.69) is 5.32 Å². The second kappa shape index (κ2) is 6.35. The Balaban J connectivity index is 1.56. The van der Waals surface area contributed by atoms with Gasteiger partial charge in [-0.15, -0.1) is 0 Å². The maximum Gasteiger partial charge on any atom is 0.223 e. The van der Waals surface area contributed by atoms with Gasteiger partial charge in [0.2, 0.25) is 5.91 Å². The summed E-state index contributed by atoms with van der Waals surface area (Å²) in [5.41, 5.74) is 6.96. The molecule has 3 N–H and O–H groups in total. The number of fused-ring (bicyclic) bond motifs is 1. The van der Waals surface area contributed by atoms with E-state index in [-0.39, 0.29) is 17.9 Å². The van der Waals surface area contributed by atoms with Crippen molar-refractivity contribution in [2.75, 3.05) is 13.2 Å². The van der Waals surface area contributed by atoms with E-state index < -0.39 is 0 Å². The Kier molecular flexibility index (Phi) is 4.29. The minimum absolute atomic E-state index is 0.0611. The first-order chi connectivity index (χ1) is 10.2. The van der Waals surface area contributed by atoms with Gasteiger partial charge in [0, 0.05) is 18.5 Å². The van der Waals surface area contributed by atoms with E-state index in [1.165, 1.54) is 0 Å². The van der Waals surface area contributed by atoms with Crippen molar-refractivity contribution in [1.29, 1.82) is 0 Å². The SMILES string of the molecule is NC1CCCC(C(=O)NCc2ccc3c(c2)OCCO3)C1. The summed E-state index contributed by atoms with van der Waals surface area (Å²) in [6.45, 7) is 1.68. The van der Waals surface area contributed by atoms with Gasteiger partial charge in [-0.25, -0.2) is 0 Å². The van der Waals surface area contributed by atoms with Crippen LogP contribution in [0.2, 0.25) is 0 Å². The van der Waals surface area contributed by atoms with E-state index in [0.717, 1.165) is 42.7 Å². The van der Waals surface area contributed by atoms with Crippen LogP contribution in [0.3, 0.4) is 0 Å². The van der Waals surface area contributed by atoms with E-state index in [9.17, 15) is 4.79 Å². The van der Waals surface area contributed by atoms with Crippen molar-refractivity contribution in [2.24, 2.45) is 11.7 Å². The molecule has 1 aliphatic carbocycles. The molecule has 0 radical (unpaired) electrons. The van der Waals surface area contributed by atoms with Crippen LogP contribution >= 0.6 is 0 Å². The molecule has 114 valence electrons. The van der Waals surface area contributed by atoms with E-state index in [4.69, 9.17) is 15.2 Å². The first-order valence-corrected chi connectivity index (χ1v) is 7.64. The number of carbonyl (C=O) groups is 1. The van der Waals surface area contributed by atoms with Gasteiger partial charge in [0.1, 0.15) is 13.2 Å². The fourth-order valence-electron chi connectivity index (χ4n) is 3.00. The molecular weight excluding hydrogens is 268 g/mol. The molecule has 0 aromatic heterocycles. The van der Waals surface area contributed by atoms with Gasteiger partial charge in [-0.2, -0.15) is 0 Å². The highest BCUT2D eigenvalue weighted by Gasteiger charge is 2.25. The largest absolute Gasteiger partial charge is 0.486 e. The molecule has 21 heavy (non-hydrogen) atoms. The Hall–Kier alpha value is -1.75. The molecule has 0 saturated heterocycles. The van der Waals surface area contributed by atoms with E-state index >= 15 is 0 Å². The van der Waals surface area contributed by atoms with Crippen LogP contribution in [-0.2, 0) is 11.3 Å². The number of hydrogen-bond acceptors (Lipinski definition) is 4. The Morgan fingerprint density at radius 2 is 2.05 bits per heavy atom. The summed E-state index contributed by atoms with van der Waals surface area (Å²) < 4.78 is 11.0.